The van der Waals surface area contributed by atoms with Crippen LogP contribution in [-0.2, 0) is 0 Å². The lowest BCUT2D eigenvalue weighted by atomic mass is 10.1. The van der Waals surface area contributed by atoms with E-state index >= 15 is 0 Å². The number of aryl methyl sites for hydroxylation is 1. The van der Waals surface area contributed by atoms with Gasteiger partial charge in [0.05, 0.1) is 0 Å². The maximum absolute atomic E-state index is 13.1. The lowest BCUT2D eigenvalue weighted by Crippen LogP contribution is -2.18. The first kappa shape index (κ1) is 11.8. The second-order valence-corrected chi connectivity index (χ2v) is 4.07. The van der Waals surface area contributed by atoms with Crippen molar-refractivity contribution in [2.24, 2.45) is 0 Å². The van der Waals surface area contributed by atoms with Gasteiger partial charge in [0.15, 0.2) is 0 Å². The number of halogens is 2. The van der Waals surface area contributed by atoms with Gasteiger partial charge in [-0.1, -0.05) is 0 Å². The summed E-state index contributed by atoms with van der Waals surface area (Å²) in [5.41, 5.74) is -0.486. The summed E-state index contributed by atoms with van der Waals surface area (Å²) in [4.78, 5) is 6.99. The molecular formula is C10H15F2N3. The van der Waals surface area contributed by atoms with E-state index in [9.17, 15) is 8.78 Å². The Labute approximate surface area is 87.9 Å². The third-order valence-corrected chi connectivity index (χ3v) is 1.95. The van der Waals surface area contributed by atoms with Crippen LogP contribution in [0, 0.1) is 13.0 Å². The molecule has 84 valence electrons. The van der Waals surface area contributed by atoms with E-state index in [2.05, 4.69) is 15.3 Å². The lowest BCUT2D eigenvalue weighted by Gasteiger charge is -2.14. The maximum atomic E-state index is 13.1. The average molecular weight is 215 g/mol. The van der Waals surface area contributed by atoms with Crippen LogP contribution >= 0.6 is 0 Å². The number of hydrogen-bond acceptors (Lipinski definition) is 3. The van der Waals surface area contributed by atoms with E-state index in [1.165, 1.54) is 20.0 Å². The second kappa shape index (κ2) is 4.51. The second-order valence-electron chi connectivity index (χ2n) is 4.07. The number of nitrogens with zero attached hydrogens (tertiary/aromatic N) is 2. The third kappa shape index (κ3) is 4.18. The van der Waals surface area contributed by atoms with Crippen molar-refractivity contribution in [2.75, 3.05) is 11.9 Å². The van der Waals surface area contributed by atoms with Gasteiger partial charge in [-0.15, -0.1) is 0 Å². The van der Waals surface area contributed by atoms with Crippen LogP contribution < -0.4 is 5.32 Å². The van der Waals surface area contributed by atoms with Crippen molar-refractivity contribution in [3.8, 4) is 0 Å². The van der Waals surface area contributed by atoms with Gasteiger partial charge in [-0.05, 0) is 27.2 Å². The Balaban J connectivity index is 2.54. The van der Waals surface area contributed by atoms with Crippen molar-refractivity contribution in [2.45, 2.75) is 32.9 Å². The van der Waals surface area contributed by atoms with Gasteiger partial charge in [0.25, 0.3) is 0 Å². The molecule has 0 saturated heterocycles. The summed E-state index contributed by atoms with van der Waals surface area (Å²) in [5.74, 6) is 0.423. The van der Waals surface area contributed by atoms with E-state index in [0.29, 0.717) is 18.8 Å². The van der Waals surface area contributed by atoms with Crippen molar-refractivity contribution in [3.63, 3.8) is 0 Å². The van der Waals surface area contributed by atoms with Crippen molar-refractivity contribution in [3.05, 3.63) is 17.8 Å². The molecule has 1 heterocycles. The summed E-state index contributed by atoms with van der Waals surface area (Å²) >= 11 is 0. The number of anilines is 1. The van der Waals surface area contributed by atoms with Gasteiger partial charge in [0.1, 0.15) is 11.5 Å². The first-order valence-electron chi connectivity index (χ1n) is 4.80. The lowest BCUT2D eigenvalue weighted by molar-refractivity contribution is 0.207. The fourth-order valence-electron chi connectivity index (χ4n) is 1.08. The Morgan fingerprint density at radius 3 is 2.73 bits per heavy atom. The largest absolute Gasteiger partial charge is 0.370 e. The third-order valence-electron chi connectivity index (χ3n) is 1.95. The van der Waals surface area contributed by atoms with Gasteiger partial charge in [0, 0.05) is 18.3 Å². The molecule has 0 spiro atoms. The summed E-state index contributed by atoms with van der Waals surface area (Å²) in [5, 5.41) is 2.88. The van der Waals surface area contributed by atoms with Crippen LogP contribution in [0.5, 0.6) is 0 Å². The zero-order chi connectivity index (χ0) is 11.5. The van der Waals surface area contributed by atoms with Crippen LogP contribution in [-0.4, -0.2) is 22.2 Å². The van der Waals surface area contributed by atoms with E-state index in [4.69, 9.17) is 0 Å². The highest BCUT2D eigenvalue weighted by atomic mass is 19.1. The van der Waals surface area contributed by atoms with Crippen molar-refractivity contribution in [1.82, 2.24) is 9.97 Å². The monoisotopic (exact) mass is 215 g/mol. The number of nitrogens with one attached hydrogen (secondary N) is 1. The maximum Gasteiger partial charge on any atom is 0.310 e. The van der Waals surface area contributed by atoms with Crippen molar-refractivity contribution in [1.29, 1.82) is 0 Å². The van der Waals surface area contributed by atoms with Gasteiger partial charge in [-0.2, -0.15) is 9.37 Å². The Hall–Kier alpha value is -1.26. The summed E-state index contributed by atoms with van der Waals surface area (Å²) < 4.78 is 25.8. The molecule has 0 aliphatic rings. The predicted molar refractivity (Wildman–Crippen MR) is 55.0 cm³/mol. The average Bonchev–Trinajstić information content (AvgIpc) is 2.09. The van der Waals surface area contributed by atoms with Gasteiger partial charge in [0.2, 0.25) is 0 Å². The van der Waals surface area contributed by atoms with E-state index in [1.54, 1.807) is 6.92 Å². The summed E-state index contributed by atoms with van der Waals surface area (Å²) in [6.45, 7) is 5.19. The number of hydrogen-bond donors (Lipinski definition) is 1. The van der Waals surface area contributed by atoms with Gasteiger partial charge in [-0.3, -0.25) is 0 Å². The molecule has 1 N–H and O–H groups in total. The van der Waals surface area contributed by atoms with Crippen molar-refractivity contribution < 1.29 is 8.78 Å². The molecule has 0 amide bonds. The van der Waals surface area contributed by atoms with Crippen LogP contribution in [0.15, 0.2) is 6.20 Å². The van der Waals surface area contributed by atoms with Crippen LogP contribution in [0.4, 0.5) is 14.6 Å². The quantitative estimate of drug-likeness (QED) is 0.784. The zero-order valence-corrected chi connectivity index (χ0v) is 9.14. The smallest absolute Gasteiger partial charge is 0.310 e. The molecule has 0 aromatic carbocycles. The normalized spacial score (nSPS) is 11.5. The van der Waals surface area contributed by atoms with Crippen LogP contribution in [0.1, 0.15) is 25.8 Å². The molecule has 0 bridgehead atoms. The van der Waals surface area contributed by atoms with E-state index in [0.717, 1.165) is 5.56 Å². The molecule has 0 atom stereocenters. The molecule has 5 heteroatoms. The molecule has 3 nitrogen and oxygen atoms in total. The molecular weight excluding hydrogens is 200 g/mol. The first-order chi connectivity index (χ1) is 6.88. The number of aromatic nitrogens is 2. The van der Waals surface area contributed by atoms with Crippen molar-refractivity contribution >= 4 is 5.82 Å². The fourth-order valence-corrected chi connectivity index (χ4v) is 1.08. The Morgan fingerprint density at radius 2 is 2.13 bits per heavy atom. The molecule has 0 unspecified atom stereocenters. The highest BCUT2D eigenvalue weighted by molar-refractivity contribution is 5.40. The SMILES string of the molecule is Cc1cnc(F)nc1NCCC(C)(C)F. The molecule has 0 aliphatic carbocycles. The van der Waals surface area contributed by atoms with Gasteiger partial charge >= 0.3 is 6.08 Å². The molecule has 0 saturated carbocycles. The highest BCUT2D eigenvalue weighted by Crippen LogP contribution is 2.15. The standard InChI is InChI=1S/C10H15F2N3/c1-7-6-14-9(11)15-8(7)13-5-4-10(2,3)12/h6H,4-5H2,1-3H3,(H,13,14,15). The number of alkyl halides is 1. The minimum atomic E-state index is -1.23. The van der Waals surface area contributed by atoms with Crippen LogP contribution in [0.2, 0.25) is 0 Å². The fraction of sp³-hybridized carbons (Fsp3) is 0.600. The first-order valence-corrected chi connectivity index (χ1v) is 4.80. The predicted octanol–water partition coefficient (Wildman–Crippen LogP) is 2.47. The zero-order valence-electron chi connectivity index (χ0n) is 9.14. The van der Waals surface area contributed by atoms with E-state index in [1.807, 2.05) is 0 Å². The summed E-state index contributed by atoms with van der Waals surface area (Å²) in [7, 11) is 0. The molecule has 15 heavy (non-hydrogen) atoms. The van der Waals surface area contributed by atoms with Gasteiger partial charge < -0.3 is 5.32 Å². The topological polar surface area (TPSA) is 37.8 Å². The highest BCUT2D eigenvalue weighted by Gasteiger charge is 2.14. The van der Waals surface area contributed by atoms with E-state index in [-0.39, 0.29) is 0 Å². The molecule has 1 rings (SSSR count). The molecule has 0 radical (unpaired) electrons. The van der Waals surface area contributed by atoms with E-state index < -0.39 is 11.7 Å². The molecule has 0 aliphatic heterocycles. The Morgan fingerprint density at radius 1 is 1.47 bits per heavy atom. The Kier molecular flexibility index (Phi) is 3.55. The summed E-state index contributed by atoms with van der Waals surface area (Å²) in [6, 6.07) is 0. The summed E-state index contributed by atoms with van der Waals surface area (Å²) in [6.07, 6.45) is 0.964. The minimum absolute atomic E-state index is 0.345. The molecule has 1 aromatic heterocycles. The van der Waals surface area contributed by atoms with Crippen LogP contribution in [0.25, 0.3) is 0 Å². The van der Waals surface area contributed by atoms with Crippen LogP contribution in [0.3, 0.4) is 0 Å². The molecule has 0 fully saturated rings. The number of rotatable bonds is 4. The Bertz CT molecular complexity index is 334. The molecule has 1 aromatic rings. The minimum Gasteiger partial charge on any atom is -0.370 e. The van der Waals surface area contributed by atoms with Gasteiger partial charge in [-0.25, -0.2) is 9.37 Å².